The molecular weight excluding hydrogens is 236 g/mol. The number of H-pyrrole nitrogens is 1. The third kappa shape index (κ3) is 2.26. The largest absolute Gasteiger partial charge is 0.370 e. The molecule has 2 rings (SSSR count). The molecule has 8 nitrogen and oxygen atoms in total. The van der Waals surface area contributed by atoms with Gasteiger partial charge in [-0.2, -0.15) is 5.21 Å². The average molecular weight is 248 g/mol. The van der Waals surface area contributed by atoms with Crippen LogP contribution < -0.4 is 5.32 Å². The first-order valence-electron chi connectivity index (χ1n) is 5.33. The Morgan fingerprint density at radius 2 is 2.28 bits per heavy atom. The second-order valence-electron chi connectivity index (χ2n) is 3.86. The van der Waals surface area contributed by atoms with Gasteiger partial charge in [-0.15, -0.1) is 10.2 Å². The van der Waals surface area contributed by atoms with E-state index in [-0.39, 0.29) is 11.7 Å². The standard InChI is InChI=1S/C10H12N6O2/c1-6-4-3-5-8(9(6)16(17)18)11-7(2)10-12-14-15-13-10/h3-5,7,11H,1-2H3,(H,12,13,14,15). The second kappa shape index (κ2) is 4.78. The summed E-state index contributed by atoms with van der Waals surface area (Å²) in [4.78, 5) is 10.6. The topological polar surface area (TPSA) is 110 Å². The van der Waals surface area contributed by atoms with E-state index in [1.54, 1.807) is 32.0 Å². The summed E-state index contributed by atoms with van der Waals surface area (Å²) < 4.78 is 0. The van der Waals surface area contributed by atoms with Gasteiger partial charge in [0.05, 0.1) is 11.0 Å². The third-order valence-corrected chi connectivity index (χ3v) is 2.54. The van der Waals surface area contributed by atoms with Crippen molar-refractivity contribution < 1.29 is 4.92 Å². The lowest BCUT2D eigenvalue weighted by Crippen LogP contribution is -2.10. The van der Waals surface area contributed by atoms with Crippen LogP contribution in [0.25, 0.3) is 0 Å². The van der Waals surface area contributed by atoms with Crippen molar-refractivity contribution in [1.29, 1.82) is 0 Å². The van der Waals surface area contributed by atoms with Crippen molar-refractivity contribution in [3.05, 3.63) is 39.7 Å². The molecular formula is C10H12N6O2. The number of hydrogen-bond acceptors (Lipinski definition) is 6. The molecule has 0 spiro atoms. The summed E-state index contributed by atoms with van der Waals surface area (Å²) in [5, 5.41) is 27.5. The number of nitrogens with one attached hydrogen (secondary N) is 2. The fourth-order valence-electron chi connectivity index (χ4n) is 1.67. The Kier molecular flexibility index (Phi) is 3.18. The highest BCUT2D eigenvalue weighted by atomic mass is 16.6. The Morgan fingerprint density at radius 3 is 2.89 bits per heavy atom. The third-order valence-electron chi connectivity index (χ3n) is 2.54. The monoisotopic (exact) mass is 248 g/mol. The van der Waals surface area contributed by atoms with Crippen molar-refractivity contribution in [2.24, 2.45) is 0 Å². The minimum Gasteiger partial charge on any atom is -0.370 e. The normalized spacial score (nSPS) is 12.1. The second-order valence-corrected chi connectivity index (χ2v) is 3.86. The average Bonchev–Trinajstić information content (AvgIpc) is 2.81. The van der Waals surface area contributed by atoms with Gasteiger partial charge in [-0.3, -0.25) is 10.1 Å². The van der Waals surface area contributed by atoms with Crippen LogP contribution in [-0.2, 0) is 0 Å². The van der Waals surface area contributed by atoms with Crippen molar-refractivity contribution in [3.8, 4) is 0 Å². The summed E-state index contributed by atoms with van der Waals surface area (Å²) in [6, 6.07) is 4.83. The lowest BCUT2D eigenvalue weighted by molar-refractivity contribution is -0.384. The van der Waals surface area contributed by atoms with Gasteiger partial charge >= 0.3 is 0 Å². The smallest absolute Gasteiger partial charge is 0.295 e. The molecule has 1 heterocycles. The molecule has 1 aromatic heterocycles. The summed E-state index contributed by atoms with van der Waals surface area (Å²) in [7, 11) is 0. The molecule has 0 aliphatic heterocycles. The van der Waals surface area contributed by atoms with Crippen LogP contribution >= 0.6 is 0 Å². The van der Waals surface area contributed by atoms with Gasteiger partial charge in [-0.25, -0.2) is 0 Å². The molecule has 2 N–H and O–H groups in total. The number of nitro groups is 1. The maximum atomic E-state index is 11.0. The van der Waals surface area contributed by atoms with Crippen LogP contribution in [0.2, 0.25) is 0 Å². The number of aryl methyl sites for hydroxylation is 1. The molecule has 94 valence electrons. The zero-order chi connectivity index (χ0) is 13.1. The van der Waals surface area contributed by atoms with Crippen LogP contribution in [0.15, 0.2) is 18.2 Å². The van der Waals surface area contributed by atoms with Crippen LogP contribution in [-0.4, -0.2) is 25.5 Å². The number of nitrogens with zero attached hydrogens (tertiary/aromatic N) is 4. The van der Waals surface area contributed by atoms with Gasteiger partial charge in [-0.05, 0) is 19.9 Å². The Morgan fingerprint density at radius 1 is 1.50 bits per heavy atom. The zero-order valence-corrected chi connectivity index (χ0v) is 9.91. The number of aromatic amines is 1. The van der Waals surface area contributed by atoms with Crippen LogP contribution in [0.4, 0.5) is 11.4 Å². The van der Waals surface area contributed by atoms with E-state index in [1.807, 2.05) is 0 Å². The van der Waals surface area contributed by atoms with Crippen LogP contribution in [0.5, 0.6) is 0 Å². The molecule has 0 saturated heterocycles. The highest BCUT2D eigenvalue weighted by Crippen LogP contribution is 2.30. The maximum Gasteiger partial charge on any atom is 0.295 e. The van der Waals surface area contributed by atoms with Gasteiger partial charge in [0.25, 0.3) is 5.69 Å². The van der Waals surface area contributed by atoms with Crippen LogP contribution in [0.1, 0.15) is 24.4 Å². The van der Waals surface area contributed by atoms with Crippen molar-refractivity contribution in [1.82, 2.24) is 20.6 Å². The number of benzene rings is 1. The lowest BCUT2D eigenvalue weighted by atomic mass is 10.1. The SMILES string of the molecule is Cc1cccc(NC(C)c2nn[nH]n2)c1[N+](=O)[O-]. The zero-order valence-electron chi connectivity index (χ0n) is 9.91. The first kappa shape index (κ1) is 12.0. The maximum absolute atomic E-state index is 11.0. The lowest BCUT2D eigenvalue weighted by Gasteiger charge is -2.12. The molecule has 8 heteroatoms. The van der Waals surface area contributed by atoms with Gasteiger partial charge in [-0.1, -0.05) is 17.3 Å². The quantitative estimate of drug-likeness (QED) is 0.628. The Labute approximate surface area is 103 Å². The highest BCUT2D eigenvalue weighted by molar-refractivity contribution is 5.65. The minimum absolute atomic E-state index is 0.0628. The van der Waals surface area contributed by atoms with Crippen molar-refractivity contribution in [3.63, 3.8) is 0 Å². The van der Waals surface area contributed by atoms with Gasteiger partial charge in [0, 0.05) is 5.56 Å². The van der Waals surface area contributed by atoms with Crippen LogP contribution in [0.3, 0.4) is 0 Å². The molecule has 0 fully saturated rings. The molecule has 0 amide bonds. The molecule has 0 bridgehead atoms. The van der Waals surface area contributed by atoms with Gasteiger partial charge in [0.2, 0.25) is 0 Å². The summed E-state index contributed by atoms with van der Waals surface area (Å²) in [5.74, 6) is 0.450. The van der Waals surface area contributed by atoms with E-state index in [4.69, 9.17) is 0 Å². The Balaban J connectivity index is 2.29. The number of nitro benzene ring substituents is 1. The van der Waals surface area contributed by atoms with Gasteiger partial charge < -0.3 is 5.32 Å². The van der Waals surface area contributed by atoms with E-state index in [0.29, 0.717) is 17.1 Å². The fraction of sp³-hybridized carbons (Fsp3) is 0.300. The molecule has 2 aromatic rings. The highest BCUT2D eigenvalue weighted by Gasteiger charge is 2.19. The summed E-state index contributed by atoms with van der Waals surface area (Å²) in [6.45, 7) is 3.50. The molecule has 1 aromatic carbocycles. The molecule has 18 heavy (non-hydrogen) atoms. The van der Waals surface area contributed by atoms with E-state index in [0.717, 1.165) is 0 Å². The van der Waals surface area contributed by atoms with Crippen LogP contribution in [0, 0.1) is 17.0 Å². The number of aromatic nitrogens is 4. The predicted molar refractivity (Wildman–Crippen MR) is 64.0 cm³/mol. The van der Waals surface area contributed by atoms with E-state index in [9.17, 15) is 10.1 Å². The molecule has 0 aliphatic carbocycles. The van der Waals surface area contributed by atoms with E-state index < -0.39 is 4.92 Å². The number of anilines is 1. The van der Waals surface area contributed by atoms with Gasteiger partial charge in [0.15, 0.2) is 5.82 Å². The summed E-state index contributed by atoms with van der Waals surface area (Å²) in [5.41, 5.74) is 1.11. The fourth-order valence-corrected chi connectivity index (χ4v) is 1.67. The molecule has 0 aliphatic rings. The van der Waals surface area contributed by atoms with Crippen molar-refractivity contribution >= 4 is 11.4 Å². The number of rotatable bonds is 4. The van der Waals surface area contributed by atoms with E-state index in [2.05, 4.69) is 25.9 Å². The van der Waals surface area contributed by atoms with E-state index in [1.165, 1.54) is 0 Å². The number of tetrazole rings is 1. The first-order chi connectivity index (χ1) is 8.59. The Bertz CT molecular complexity index is 554. The molecule has 0 saturated carbocycles. The number of hydrogen-bond donors (Lipinski definition) is 2. The molecule has 1 atom stereocenters. The molecule has 0 radical (unpaired) electrons. The van der Waals surface area contributed by atoms with Crippen molar-refractivity contribution in [2.45, 2.75) is 19.9 Å². The minimum atomic E-state index is -0.402. The Hall–Kier alpha value is -2.51. The number of para-hydroxylation sites is 1. The van der Waals surface area contributed by atoms with Crippen molar-refractivity contribution in [2.75, 3.05) is 5.32 Å². The van der Waals surface area contributed by atoms with E-state index >= 15 is 0 Å². The first-order valence-corrected chi connectivity index (χ1v) is 5.33. The summed E-state index contributed by atoms with van der Waals surface area (Å²) in [6.07, 6.45) is 0. The summed E-state index contributed by atoms with van der Waals surface area (Å²) >= 11 is 0. The van der Waals surface area contributed by atoms with Gasteiger partial charge in [0.1, 0.15) is 5.69 Å². The predicted octanol–water partition coefficient (Wildman–Crippen LogP) is 1.59. The molecule has 1 unspecified atom stereocenters.